The van der Waals surface area contributed by atoms with E-state index >= 15 is 0 Å². The SMILES string of the molecule is Cc1cc(C)cc(OCCN(C)C(=O)CN2CCCC2C(=O)O)c1.Cl. The maximum Gasteiger partial charge on any atom is 0.320 e. The molecule has 140 valence electrons. The van der Waals surface area contributed by atoms with Crippen LogP contribution in [0.2, 0.25) is 0 Å². The van der Waals surface area contributed by atoms with Crippen LogP contribution in [0, 0.1) is 13.8 Å². The minimum atomic E-state index is -0.846. The van der Waals surface area contributed by atoms with Crippen LogP contribution in [0.4, 0.5) is 0 Å². The molecule has 1 saturated heterocycles. The third-order valence-corrected chi connectivity index (χ3v) is 4.30. The summed E-state index contributed by atoms with van der Waals surface area (Å²) in [5.41, 5.74) is 2.28. The minimum absolute atomic E-state index is 0. The molecule has 1 aromatic rings. The second-order valence-corrected chi connectivity index (χ2v) is 6.45. The van der Waals surface area contributed by atoms with Crippen molar-refractivity contribution in [2.75, 3.05) is 33.3 Å². The number of benzene rings is 1. The quantitative estimate of drug-likeness (QED) is 0.796. The minimum Gasteiger partial charge on any atom is -0.492 e. The molecule has 1 aliphatic rings. The van der Waals surface area contributed by atoms with Gasteiger partial charge in [0.15, 0.2) is 0 Å². The Bertz CT molecular complexity index is 588. The molecule has 1 amide bonds. The van der Waals surface area contributed by atoms with Gasteiger partial charge in [0.25, 0.3) is 0 Å². The van der Waals surface area contributed by atoms with E-state index in [-0.39, 0.29) is 24.9 Å². The van der Waals surface area contributed by atoms with Crippen molar-refractivity contribution >= 4 is 24.3 Å². The molecule has 0 saturated carbocycles. The molecular weight excluding hydrogens is 344 g/mol. The first-order chi connectivity index (χ1) is 11.4. The van der Waals surface area contributed by atoms with E-state index in [1.54, 1.807) is 16.8 Å². The summed E-state index contributed by atoms with van der Waals surface area (Å²) in [5.74, 6) is -0.118. The van der Waals surface area contributed by atoms with E-state index in [4.69, 9.17) is 9.84 Å². The van der Waals surface area contributed by atoms with Crippen molar-refractivity contribution in [1.29, 1.82) is 0 Å². The van der Waals surface area contributed by atoms with Crippen molar-refractivity contribution in [3.63, 3.8) is 0 Å². The molecule has 0 bridgehead atoms. The topological polar surface area (TPSA) is 70.1 Å². The Morgan fingerprint density at radius 1 is 1.28 bits per heavy atom. The number of aryl methyl sites for hydroxylation is 2. The number of carboxylic acids is 1. The Kier molecular flexibility index (Phi) is 8.19. The summed E-state index contributed by atoms with van der Waals surface area (Å²) in [6, 6.07) is 5.48. The molecule has 1 atom stereocenters. The van der Waals surface area contributed by atoms with E-state index in [0.717, 1.165) is 23.3 Å². The fourth-order valence-electron chi connectivity index (χ4n) is 3.03. The van der Waals surface area contributed by atoms with Crippen LogP contribution in [0.1, 0.15) is 24.0 Å². The number of likely N-dealkylation sites (N-methyl/N-ethyl adjacent to an activating group) is 1. The molecule has 1 N–H and O–H groups in total. The number of halogens is 1. The highest BCUT2D eigenvalue weighted by molar-refractivity contribution is 5.85. The molecule has 1 aromatic carbocycles. The predicted molar refractivity (Wildman–Crippen MR) is 98.5 cm³/mol. The number of nitrogens with zero attached hydrogens (tertiary/aromatic N) is 2. The van der Waals surface area contributed by atoms with Gasteiger partial charge < -0.3 is 14.7 Å². The number of hydrogen-bond acceptors (Lipinski definition) is 4. The van der Waals surface area contributed by atoms with Crippen LogP contribution in [0.5, 0.6) is 5.75 Å². The first-order valence-electron chi connectivity index (χ1n) is 8.28. The highest BCUT2D eigenvalue weighted by Gasteiger charge is 2.32. The fourth-order valence-corrected chi connectivity index (χ4v) is 3.03. The molecule has 0 aliphatic carbocycles. The maximum absolute atomic E-state index is 12.3. The summed E-state index contributed by atoms with van der Waals surface area (Å²) in [4.78, 5) is 26.8. The van der Waals surface area contributed by atoms with Crippen molar-refractivity contribution in [2.45, 2.75) is 32.7 Å². The molecule has 2 rings (SSSR count). The summed E-state index contributed by atoms with van der Waals surface area (Å²) in [6.45, 7) is 5.73. The molecule has 1 heterocycles. The number of amides is 1. The van der Waals surface area contributed by atoms with Gasteiger partial charge in [-0.2, -0.15) is 0 Å². The lowest BCUT2D eigenvalue weighted by Crippen LogP contribution is -2.44. The maximum atomic E-state index is 12.3. The zero-order valence-corrected chi connectivity index (χ0v) is 15.8. The number of carbonyl (C=O) groups excluding carboxylic acids is 1. The van der Waals surface area contributed by atoms with Crippen LogP contribution in [0.25, 0.3) is 0 Å². The van der Waals surface area contributed by atoms with Gasteiger partial charge in [-0.3, -0.25) is 14.5 Å². The summed E-state index contributed by atoms with van der Waals surface area (Å²) in [5, 5.41) is 9.16. The Morgan fingerprint density at radius 3 is 2.52 bits per heavy atom. The Labute approximate surface area is 155 Å². The van der Waals surface area contributed by atoms with Crippen molar-refractivity contribution in [3.8, 4) is 5.75 Å². The van der Waals surface area contributed by atoms with E-state index in [0.29, 0.717) is 26.1 Å². The predicted octanol–water partition coefficient (Wildman–Crippen LogP) is 2.11. The standard InChI is InChI=1S/C18H26N2O4.ClH/c1-13-9-14(2)11-15(10-13)24-8-7-19(3)17(21)12-20-6-4-5-16(20)18(22)23;/h9-11,16H,4-8,12H2,1-3H3,(H,22,23);1H. The lowest BCUT2D eigenvalue weighted by molar-refractivity contribution is -0.143. The lowest BCUT2D eigenvalue weighted by atomic mass is 10.1. The fraction of sp³-hybridized carbons (Fsp3) is 0.556. The van der Waals surface area contributed by atoms with Gasteiger partial charge in [0.1, 0.15) is 18.4 Å². The van der Waals surface area contributed by atoms with Crippen molar-refractivity contribution in [3.05, 3.63) is 29.3 Å². The molecule has 1 aliphatic heterocycles. The highest BCUT2D eigenvalue weighted by atomic mass is 35.5. The van der Waals surface area contributed by atoms with Crippen LogP contribution >= 0.6 is 12.4 Å². The van der Waals surface area contributed by atoms with E-state index < -0.39 is 12.0 Å². The number of carbonyl (C=O) groups is 2. The van der Waals surface area contributed by atoms with Crippen LogP contribution < -0.4 is 4.74 Å². The first-order valence-corrected chi connectivity index (χ1v) is 8.28. The van der Waals surface area contributed by atoms with Gasteiger partial charge in [0, 0.05) is 7.05 Å². The summed E-state index contributed by atoms with van der Waals surface area (Å²) >= 11 is 0. The van der Waals surface area contributed by atoms with Gasteiger partial charge in [0.2, 0.25) is 5.91 Å². The van der Waals surface area contributed by atoms with Gasteiger partial charge in [-0.05, 0) is 56.5 Å². The largest absolute Gasteiger partial charge is 0.492 e. The number of likely N-dealkylation sites (tertiary alicyclic amines) is 1. The molecule has 1 fully saturated rings. The summed E-state index contributed by atoms with van der Waals surface area (Å²) in [6.07, 6.45) is 1.44. The average molecular weight is 371 g/mol. The van der Waals surface area contributed by atoms with Crippen molar-refractivity contribution in [2.24, 2.45) is 0 Å². The Hall–Kier alpha value is -1.79. The van der Waals surface area contributed by atoms with Gasteiger partial charge in [-0.1, -0.05) is 6.07 Å². The summed E-state index contributed by atoms with van der Waals surface area (Å²) in [7, 11) is 1.72. The molecule has 25 heavy (non-hydrogen) atoms. The van der Waals surface area contributed by atoms with Gasteiger partial charge in [0.05, 0.1) is 13.1 Å². The lowest BCUT2D eigenvalue weighted by Gasteiger charge is -2.24. The van der Waals surface area contributed by atoms with Gasteiger partial charge in [-0.25, -0.2) is 0 Å². The molecule has 0 aromatic heterocycles. The zero-order chi connectivity index (χ0) is 17.7. The van der Waals surface area contributed by atoms with E-state index in [1.807, 2.05) is 26.0 Å². The van der Waals surface area contributed by atoms with Crippen LogP contribution in [0.15, 0.2) is 18.2 Å². The smallest absolute Gasteiger partial charge is 0.320 e. The molecular formula is C18H27ClN2O4. The monoisotopic (exact) mass is 370 g/mol. The first kappa shape index (κ1) is 21.3. The van der Waals surface area contributed by atoms with Crippen molar-refractivity contribution in [1.82, 2.24) is 9.80 Å². The van der Waals surface area contributed by atoms with E-state index in [1.165, 1.54) is 0 Å². The van der Waals surface area contributed by atoms with Gasteiger partial charge in [-0.15, -0.1) is 12.4 Å². The van der Waals surface area contributed by atoms with Gasteiger partial charge >= 0.3 is 5.97 Å². The molecule has 6 nitrogen and oxygen atoms in total. The number of rotatable bonds is 7. The molecule has 1 unspecified atom stereocenters. The molecule has 0 radical (unpaired) electrons. The van der Waals surface area contributed by atoms with E-state index in [2.05, 4.69) is 6.07 Å². The summed E-state index contributed by atoms with van der Waals surface area (Å²) < 4.78 is 5.72. The van der Waals surface area contributed by atoms with Crippen LogP contribution in [0.3, 0.4) is 0 Å². The average Bonchev–Trinajstić information content (AvgIpc) is 2.94. The third kappa shape index (κ3) is 6.21. The third-order valence-electron chi connectivity index (χ3n) is 4.30. The Balaban J connectivity index is 0.00000312. The number of aliphatic carboxylic acids is 1. The molecule has 0 spiro atoms. The number of carboxylic acid groups (broad SMARTS) is 1. The molecule has 7 heteroatoms. The second kappa shape index (κ2) is 9.63. The second-order valence-electron chi connectivity index (χ2n) is 6.45. The normalized spacial score (nSPS) is 17.0. The number of ether oxygens (including phenoxy) is 1. The van der Waals surface area contributed by atoms with Crippen molar-refractivity contribution < 1.29 is 19.4 Å². The van der Waals surface area contributed by atoms with Crippen LogP contribution in [-0.2, 0) is 9.59 Å². The Morgan fingerprint density at radius 2 is 1.92 bits per heavy atom. The number of hydrogen-bond donors (Lipinski definition) is 1. The van der Waals surface area contributed by atoms with Crippen LogP contribution in [-0.4, -0.2) is 66.1 Å². The van der Waals surface area contributed by atoms with E-state index in [9.17, 15) is 9.59 Å². The highest BCUT2D eigenvalue weighted by Crippen LogP contribution is 2.18. The zero-order valence-electron chi connectivity index (χ0n) is 15.0.